The summed E-state index contributed by atoms with van der Waals surface area (Å²) in [4.78, 5) is 22.2. The number of hydrogen-bond donors (Lipinski definition) is 1. The summed E-state index contributed by atoms with van der Waals surface area (Å²) in [6.07, 6.45) is 2.82. The van der Waals surface area contributed by atoms with E-state index in [4.69, 9.17) is 0 Å². The van der Waals surface area contributed by atoms with Crippen LogP contribution in [0.1, 0.15) is 55.8 Å². The van der Waals surface area contributed by atoms with Gasteiger partial charge in [0, 0.05) is 12.1 Å². The van der Waals surface area contributed by atoms with Crippen LogP contribution in [0, 0.1) is 0 Å². The molecule has 0 spiro atoms. The van der Waals surface area contributed by atoms with Gasteiger partial charge in [0.2, 0.25) is 5.91 Å². The maximum atomic E-state index is 13.2. The molecule has 1 rings (SSSR count). The van der Waals surface area contributed by atoms with Crippen molar-refractivity contribution in [2.24, 2.45) is 0 Å². The molecule has 4 nitrogen and oxygen atoms in total. The number of amides is 1. The molecule has 0 aliphatic carbocycles. The molecule has 0 radical (unpaired) electrons. The van der Waals surface area contributed by atoms with Gasteiger partial charge in [0.05, 0.1) is 5.97 Å². The van der Waals surface area contributed by atoms with Crippen LogP contribution < -0.4 is 40.0 Å². The molecular weight excluding hydrogens is 296 g/mol. The second kappa shape index (κ2) is 11.6. The summed E-state index contributed by atoms with van der Waals surface area (Å²) in [6, 6.07) is 5.79. The van der Waals surface area contributed by atoms with Gasteiger partial charge in [-0.05, 0) is 37.0 Å². The minimum atomic E-state index is -1.25. The van der Waals surface area contributed by atoms with E-state index in [-0.39, 0.29) is 41.0 Å². The van der Waals surface area contributed by atoms with Crippen molar-refractivity contribution in [1.82, 2.24) is 0 Å². The van der Waals surface area contributed by atoms with E-state index in [1.807, 2.05) is 6.92 Å². The first kappa shape index (κ1) is 21.1. The van der Waals surface area contributed by atoms with Gasteiger partial charge < -0.3 is 15.2 Å². The Morgan fingerprint density at radius 2 is 1.82 bits per heavy atom. The van der Waals surface area contributed by atoms with Crippen LogP contribution in [-0.4, -0.2) is 18.0 Å². The quantitative estimate of drug-likeness (QED) is 0.502. The number of rotatable bonds is 9. The van der Waals surface area contributed by atoms with E-state index < -0.39 is 12.1 Å². The first-order valence-electron chi connectivity index (χ1n) is 7.28. The molecule has 1 unspecified atom stereocenters. The van der Waals surface area contributed by atoms with Gasteiger partial charge in [-0.2, -0.15) is 0 Å². The Morgan fingerprint density at radius 1 is 1.18 bits per heavy atom. The van der Waals surface area contributed by atoms with Crippen molar-refractivity contribution < 1.29 is 48.6 Å². The van der Waals surface area contributed by atoms with E-state index in [1.54, 1.807) is 0 Å². The van der Waals surface area contributed by atoms with Crippen molar-refractivity contribution in [3.8, 4) is 0 Å². The first-order chi connectivity index (χ1) is 10.0. The van der Waals surface area contributed by atoms with Crippen LogP contribution in [0.25, 0.3) is 0 Å². The third-order valence-corrected chi connectivity index (χ3v) is 3.18. The van der Waals surface area contributed by atoms with Gasteiger partial charge in [0.1, 0.15) is 6.17 Å². The molecule has 0 aliphatic rings. The number of unbranched alkanes of at least 4 members (excludes halogenated alkanes) is 1. The molecule has 1 amide bonds. The van der Waals surface area contributed by atoms with E-state index in [2.05, 4.69) is 5.32 Å². The summed E-state index contributed by atoms with van der Waals surface area (Å²) >= 11 is 0. The standard InChI is InChI=1S/C16H22FNO3.Na/c1-2-5-13(17)6-3-4-7-15(19)18-14-10-8-12(9-11-14)16(20)21;/h8-11,13H,2-7H2,1H3,(H,18,19)(H,20,21);/q;+1/p-1. The molecule has 1 N–H and O–H groups in total. The van der Waals surface area contributed by atoms with Gasteiger partial charge in [-0.3, -0.25) is 4.79 Å². The monoisotopic (exact) mass is 317 g/mol. The van der Waals surface area contributed by atoms with E-state index in [0.29, 0.717) is 37.8 Å². The largest absolute Gasteiger partial charge is 1.00 e. The van der Waals surface area contributed by atoms with Gasteiger partial charge in [-0.1, -0.05) is 31.9 Å². The molecule has 1 aromatic carbocycles. The Balaban J connectivity index is 0.00000441. The molecule has 22 heavy (non-hydrogen) atoms. The molecule has 0 saturated carbocycles. The number of carboxylic acid groups (broad SMARTS) is 1. The number of carboxylic acids is 1. The predicted octanol–water partition coefficient (Wildman–Crippen LogP) is -0.309. The Labute approximate surface area is 152 Å². The maximum Gasteiger partial charge on any atom is 1.00 e. The molecule has 1 atom stereocenters. The summed E-state index contributed by atoms with van der Waals surface area (Å²) in [6.45, 7) is 1.95. The van der Waals surface area contributed by atoms with Gasteiger partial charge in [-0.25, -0.2) is 4.39 Å². The summed E-state index contributed by atoms with van der Waals surface area (Å²) in [5.74, 6) is -1.40. The molecule has 0 bridgehead atoms. The Hall–Kier alpha value is -0.910. The summed E-state index contributed by atoms with van der Waals surface area (Å²) in [7, 11) is 0. The number of alkyl halides is 1. The van der Waals surface area contributed by atoms with Gasteiger partial charge in [-0.15, -0.1) is 0 Å². The molecule has 0 aliphatic heterocycles. The minimum Gasteiger partial charge on any atom is -0.545 e. The summed E-state index contributed by atoms with van der Waals surface area (Å²) in [5.41, 5.74) is 0.609. The van der Waals surface area contributed by atoms with Crippen LogP contribution in [0.15, 0.2) is 24.3 Å². The fourth-order valence-corrected chi connectivity index (χ4v) is 2.02. The smallest absolute Gasteiger partial charge is 0.545 e. The van der Waals surface area contributed by atoms with E-state index >= 15 is 0 Å². The third kappa shape index (κ3) is 8.51. The number of benzene rings is 1. The van der Waals surface area contributed by atoms with E-state index in [1.165, 1.54) is 24.3 Å². The average Bonchev–Trinajstić information content (AvgIpc) is 2.44. The van der Waals surface area contributed by atoms with Crippen molar-refractivity contribution >= 4 is 17.6 Å². The summed E-state index contributed by atoms with van der Waals surface area (Å²) in [5, 5.41) is 13.3. The number of anilines is 1. The zero-order valence-electron chi connectivity index (χ0n) is 13.2. The normalized spacial score (nSPS) is 11.4. The molecule has 6 heteroatoms. The average molecular weight is 317 g/mol. The second-order valence-corrected chi connectivity index (χ2v) is 5.04. The van der Waals surface area contributed by atoms with Crippen LogP contribution in [0.5, 0.6) is 0 Å². The fourth-order valence-electron chi connectivity index (χ4n) is 2.02. The third-order valence-electron chi connectivity index (χ3n) is 3.18. The number of aromatic carboxylic acids is 1. The SMILES string of the molecule is CCCC(F)CCCCC(=O)Nc1ccc(C(=O)[O-])cc1.[Na+]. The predicted molar refractivity (Wildman–Crippen MR) is 77.7 cm³/mol. The minimum absolute atomic E-state index is 0. The van der Waals surface area contributed by atoms with Crippen molar-refractivity contribution in [3.05, 3.63) is 29.8 Å². The number of nitrogens with one attached hydrogen (secondary N) is 1. The zero-order chi connectivity index (χ0) is 15.7. The van der Waals surface area contributed by atoms with Crippen molar-refractivity contribution in [3.63, 3.8) is 0 Å². The molecule has 0 aromatic heterocycles. The topological polar surface area (TPSA) is 69.2 Å². The van der Waals surface area contributed by atoms with E-state index in [0.717, 1.165) is 6.42 Å². The Morgan fingerprint density at radius 3 is 2.36 bits per heavy atom. The Kier molecular flexibility index (Phi) is 11.1. The van der Waals surface area contributed by atoms with Crippen LogP contribution in [0.2, 0.25) is 0 Å². The number of carbonyl (C=O) groups is 2. The first-order valence-corrected chi connectivity index (χ1v) is 7.28. The van der Waals surface area contributed by atoms with Gasteiger partial charge >= 0.3 is 29.6 Å². The van der Waals surface area contributed by atoms with Crippen LogP contribution in [0.3, 0.4) is 0 Å². The van der Waals surface area contributed by atoms with Crippen LogP contribution in [-0.2, 0) is 4.79 Å². The molecule has 0 fully saturated rings. The molecule has 1 aromatic rings. The van der Waals surface area contributed by atoms with Gasteiger partial charge in [0.15, 0.2) is 0 Å². The summed E-state index contributed by atoms with van der Waals surface area (Å²) < 4.78 is 13.2. The number of hydrogen-bond acceptors (Lipinski definition) is 3. The van der Waals surface area contributed by atoms with Gasteiger partial charge in [0.25, 0.3) is 0 Å². The molecule has 0 heterocycles. The molecule has 116 valence electrons. The zero-order valence-corrected chi connectivity index (χ0v) is 15.2. The van der Waals surface area contributed by atoms with Crippen LogP contribution >= 0.6 is 0 Å². The van der Waals surface area contributed by atoms with E-state index in [9.17, 15) is 19.1 Å². The van der Waals surface area contributed by atoms with Crippen molar-refractivity contribution in [1.29, 1.82) is 0 Å². The van der Waals surface area contributed by atoms with Crippen molar-refractivity contribution in [2.45, 2.75) is 51.6 Å². The second-order valence-electron chi connectivity index (χ2n) is 5.04. The van der Waals surface area contributed by atoms with Crippen LogP contribution in [0.4, 0.5) is 10.1 Å². The molecular formula is C16H21FNNaO3. The number of carbonyl (C=O) groups excluding carboxylic acids is 2. The Bertz CT molecular complexity index is 465. The maximum absolute atomic E-state index is 13.2. The van der Waals surface area contributed by atoms with Crippen molar-refractivity contribution in [2.75, 3.05) is 5.32 Å². The number of halogens is 1. The fraction of sp³-hybridized carbons (Fsp3) is 0.500. The molecule has 0 saturated heterocycles.